The first-order chi connectivity index (χ1) is 7.85. The molecular weight excluding hydrogens is 220 g/mol. The van der Waals surface area contributed by atoms with Gasteiger partial charge >= 0.3 is 0 Å². The van der Waals surface area contributed by atoms with Crippen molar-refractivity contribution in [1.29, 1.82) is 0 Å². The summed E-state index contributed by atoms with van der Waals surface area (Å²) in [4.78, 5) is 25.2. The average Bonchev–Trinajstić information content (AvgIpc) is 2.24. The summed E-state index contributed by atoms with van der Waals surface area (Å²) in [6, 6.07) is -0.347. The number of hydrogen-bond acceptors (Lipinski definition) is 3. The first-order valence-corrected chi connectivity index (χ1v) is 6.06. The Balaban J connectivity index is 2.57. The molecule has 0 aromatic rings. The van der Waals surface area contributed by atoms with Crippen molar-refractivity contribution in [3.8, 4) is 0 Å². The monoisotopic (exact) mass is 242 g/mol. The maximum Gasteiger partial charge on any atom is 0.249 e. The van der Waals surface area contributed by atoms with Crippen LogP contribution in [0.3, 0.4) is 0 Å². The fraction of sp³-hybridized carbons (Fsp3) is 0.833. The molecule has 1 atom stereocenters. The van der Waals surface area contributed by atoms with E-state index in [0.29, 0.717) is 19.5 Å². The Morgan fingerprint density at radius 2 is 2.18 bits per heavy atom. The van der Waals surface area contributed by atoms with Crippen LogP contribution in [0.2, 0.25) is 0 Å². The number of amides is 2. The molecule has 17 heavy (non-hydrogen) atoms. The standard InChI is InChI=1S/C12H22N2O3/c1-5-9-11(16)13-6-7-14(9)10(15)8-17-12(2,3)4/h9H,5-8H2,1-4H3,(H,13,16). The van der Waals surface area contributed by atoms with E-state index in [1.807, 2.05) is 27.7 Å². The molecule has 0 spiro atoms. The molecule has 2 amide bonds. The van der Waals surface area contributed by atoms with E-state index in [0.717, 1.165) is 0 Å². The second kappa shape index (κ2) is 5.49. The molecule has 0 saturated carbocycles. The minimum atomic E-state index is -0.347. The molecule has 98 valence electrons. The maximum atomic E-state index is 12.0. The summed E-state index contributed by atoms with van der Waals surface area (Å²) in [5.74, 6) is -0.176. The lowest BCUT2D eigenvalue weighted by Crippen LogP contribution is -2.57. The number of carbonyl (C=O) groups excluding carboxylic acids is 2. The highest BCUT2D eigenvalue weighted by atomic mass is 16.5. The van der Waals surface area contributed by atoms with Crippen LogP contribution in [-0.2, 0) is 14.3 Å². The lowest BCUT2D eigenvalue weighted by atomic mass is 10.1. The van der Waals surface area contributed by atoms with Gasteiger partial charge in [0.15, 0.2) is 0 Å². The lowest BCUT2D eigenvalue weighted by molar-refractivity contribution is -0.150. The maximum absolute atomic E-state index is 12.0. The van der Waals surface area contributed by atoms with Crippen molar-refractivity contribution in [3.05, 3.63) is 0 Å². The van der Waals surface area contributed by atoms with Crippen LogP contribution in [0.15, 0.2) is 0 Å². The summed E-state index contributed by atoms with van der Waals surface area (Å²) >= 11 is 0. The molecule has 0 aromatic carbocycles. The summed E-state index contributed by atoms with van der Waals surface area (Å²) in [5.41, 5.74) is -0.338. The smallest absolute Gasteiger partial charge is 0.249 e. The van der Waals surface area contributed by atoms with Crippen molar-refractivity contribution >= 4 is 11.8 Å². The molecule has 1 N–H and O–H groups in total. The number of piperazine rings is 1. The van der Waals surface area contributed by atoms with Gasteiger partial charge in [0.2, 0.25) is 11.8 Å². The predicted molar refractivity (Wildman–Crippen MR) is 64.5 cm³/mol. The fourth-order valence-corrected chi connectivity index (χ4v) is 1.78. The zero-order chi connectivity index (χ0) is 13.1. The molecule has 1 aliphatic heterocycles. The zero-order valence-corrected chi connectivity index (χ0v) is 11.1. The van der Waals surface area contributed by atoms with Crippen molar-refractivity contribution in [2.24, 2.45) is 0 Å². The van der Waals surface area contributed by atoms with Crippen molar-refractivity contribution in [3.63, 3.8) is 0 Å². The first kappa shape index (κ1) is 14.0. The van der Waals surface area contributed by atoms with Gasteiger partial charge in [-0.1, -0.05) is 6.92 Å². The Bertz CT molecular complexity index is 297. The van der Waals surface area contributed by atoms with Crippen LogP contribution in [0.25, 0.3) is 0 Å². The summed E-state index contributed by atoms with van der Waals surface area (Å²) in [7, 11) is 0. The number of ether oxygens (including phenoxy) is 1. The molecule has 1 heterocycles. The third kappa shape index (κ3) is 4.00. The molecule has 0 aliphatic carbocycles. The molecule has 1 saturated heterocycles. The van der Waals surface area contributed by atoms with Crippen molar-refractivity contribution in [2.45, 2.75) is 45.8 Å². The highest BCUT2D eigenvalue weighted by molar-refractivity contribution is 5.89. The van der Waals surface area contributed by atoms with Crippen molar-refractivity contribution in [1.82, 2.24) is 10.2 Å². The Morgan fingerprint density at radius 3 is 2.71 bits per heavy atom. The van der Waals surface area contributed by atoms with E-state index in [2.05, 4.69) is 5.32 Å². The van der Waals surface area contributed by atoms with Gasteiger partial charge in [-0.3, -0.25) is 9.59 Å². The summed E-state index contributed by atoms with van der Waals surface area (Å²) < 4.78 is 5.45. The number of rotatable bonds is 3. The average molecular weight is 242 g/mol. The van der Waals surface area contributed by atoms with E-state index < -0.39 is 0 Å². The molecule has 5 nitrogen and oxygen atoms in total. The van der Waals surface area contributed by atoms with Gasteiger partial charge in [0.25, 0.3) is 0 Å². The van der Waals surface area contributed by atoms with Crippen LogP contribution in [0.5, 0.6) is 0 Å². The molecule has 0 bridgehead atoms. The predicted octanol–water partition coefficient (Wildman–Crippen LogP) is 0.539. The minimum Gasteiger partial charge on any atom is -0.366 e. The highest BCUT2D eigenvalue weighted by Crippen LogP contribution is 2.11. The molecule has 1 unspecified atom stereocenters. The first-order valence-electron chi connectivity index (χ1n) is 6.06. The Labute approximate surface area is 102 Å². The topological polar surface area (TPSA) is 58.6 Å². The SMILES string of the molecule is CCC1C(=O)NCCN1C(=O)COC(C)(C)C. The number of nitrogens with zero attached hydrogens (tertiary/aromatic N) is 1. The molecule has 1 fully saturated rings. The number of carbonyl (C=O) groups is 2. The van der Waals surface area contributed by atoms with Crippen LogP contribution in [-0.4, -0.2) is 48.1 Å². The van der Waals surface area contributed by atoms with Crippen LogP contribution in [0.1, 0.15) is 34.1 Å². The molecule has 5 heteroatoms. The van der Waals surface area contributed by atoms with Crippen molar-refractivity contribution in [2.75, 3.05) is 19.7 Å². The number of hydrogen-bond donors (Lipinski definition) is 1. The normalized spacial score (nSPS) is 21.3. The molecule has 1 rings (SSSR count). The molecule has 0 radical (unpaired) electrons. The summed E-state index contributed by atoms with van der Waals surface area (Å²) in [6.45, 7) is 8.74. The van der Waals surface area contributed by atoms with Crippen LogP contribution >= 0.6 is 0 Å². The minimum absolute atomic E-state index is 0.0350. The second-order valence-corrected chi connectivity index (χ2v) is 5.20. The second-order valence-electron chi connectivity index (χ2n) is 5.20. The molecule has 1 aliphatic rings. The Hall–Kier alpha value is -1.10. The van der Waals surface area contributed by atoms with Gasteiger partial charge < -0.3 is 15.0 Å². The summed E-state index contributed by atoms with van der Waals surface area (Å²) in [6.07, 6.45) is 0.632. The third-order valence-electron chi connectivity index (χ3n) is 2.67. The van der Waals surface area contributed by atoms with E-state index in [1.165, 1.54) is 0 Å². The van der Waals surface area contributed by atoms with E-state index in [-0.39, 0.29) is 30.1 Å². The van der Waals surface area contributed by atoms with Crippen molar-refractivity contribution < 1.29 is 14.3 Å². The van der Waals surface area contributed by atoms with Gasteiger partial charge in [-0.2, -0.15) is 0 Å². The third-order valence-corrected chi connectivity index (χ3v) is 2.67. The Morgan fingerprint density at radius 1 is 1.53 bits per heavy atom. The van der Waals surface area contributed by atoms with Gasteiger partial charge in [-0.05, 0) is 27.2 Å². The van der Waals surface area contributed by atoms with E-state index in [4.69, 9.17) is 4.74 Å². The van der Waals surface area contributed by atoms with Crippen LogP contribution < -0.4 is 5.32 Å². The molecule has 0 aromatic heterocycles. The van der Waals surface area contributed by atoms with Gasteiger partial charge in [0, 0.05) is 13.1 Å². The zero-order valence-electron chi connectivity index (χ0n) is 11.1. The quantitative estimate of drug-likeness (QED) is 0.785. The van der Waals surface area contributed by atoms with Gasteiger partial charge in [0.05, 0.1) is 5.60 Å². The summed E-state index contributed by atoms with van der Waals surface area (Å²) in [5, 5.41) is 2.77. The van der Waals surface area contributed by atoms with Crippen LogP contribution in [0.4, 0.5) is 0 Å². The Kier molecular flexibility index (Phi) is 4.51. The largest absolute Gasteiger partial charge is 0.366 e. The fourth-order valence-electron chi connectivity index (χ4n) is 1.78. The molecular formula is C12H22N2O3. The number of nitrogens with one attached hydrogen (secondary N) is 1. The van der Waals surface area contributed by atoms with Gasteiger partial charge in [-0.15, -0.1) is 0 Å². The van der Waals surface area contributed by atoms with Gasteiger partial charge in [0.1, 0.15) is 12.6 Å². The van der Waals surface area contributed by atoms with E-state index in [1.54, 1.807) is 4.90 Å². The van der Waals surface area contributed by atoms with Crippen LogP contribution in [0, 0.1) is 0 Å². The lowest BCUT2D eigenvalue weighted by Gasteiger charge is -2.35. The van der Waals surface area contributed by atoms with Gasteiger partial charge in [-0.25, -0.2) is 0 Å². The highest BCUT2D eigenvalue weighted by Gasteiger charge is 2.31. The van der Waals surface area contributed by atoms with E-state index in [9.17, 15) is 9.59 Å². The van der Waals surface area contributed by atoms with E-state index >= 15 is 0 Å².